The van der Waals surface area contributed by atoms with Crippen LogP contribution in [0.25, 0.3) is 0 Å². The van der Waals surface area contributed by atoms with Crippen LogP contribution in [0.3, 0.4) is 0 Å². The summed E-state index contributed by atoms with van der Waals surface area (Å²) in [5.74, 6) is 6.64. The van der Waals surface area contributed by atoms with E-state index < -0.39 is 0 Å². The van der Waals surface area contributed by atoms with Gasteiger partial charge in [0.1, 0.15) is 0 Å². The fraction of sp³-hybridized carbons (Fsp3) is 0.692. The molecule has 5 heteroatoms. The average molecular weight is 250 g/mol. The summed E-state index contributed by atoms with van der Waals surface area (Å²) in [6.07, 6.45) is 9.97. The molecule has 2 rings (SSSR count). The van der Waals surface area contributed by atoms with Crippen molar-refractivity contribution in [3.05, 3.63) is 18.1 Å². The molecule has 1 saturated carbocycles. The quantitative estimate of drug-likeness (QED) is 0.619. The van der Waals surface area contributed by atoms with Gasteiger partial charge in [-0.3, -0.25) is 4.98 Å². The average Bonchev–Trinajstić information content (AvgIpc) is 2.46. The molecule has 0 radical (unpaired) electrons. The number of hydrogen-bond acceptors (Lipinski definition) is 5. The number of hydrogen-bond donors (Lipinski definition) is 2. The Morgan fingerprint density at radius 3 is 2.94 bits per heavy atom. The Hall–Kier alpha value is -1.20. The Labute approximate surface area is 108 Å². The molecule has 3 N–H and O–H groups in total. The van der Waals surface area contributed by atoms with Crippen LogP contribution in [0.2, 0.25) is 0 Å². The summed E-state index contributed by atoms with van der Waals surface area (Å²) in [6, 6.07) is 0. The third-order valence-corrected chi connectivity index (χ3v) is 3.63. The number of nitrogens with one attached hydrogen (secondary N) is 1. The lowest BCUT2D eigenvalue weighted by molar-refractivity contribution is 0.000239. The molecule has 1 aliphatic carbocycles. The fourth-order valence-corrected chi connectivity index (χ4v) is 2.47. The van der Waals surface area contributed by atoms with Crippen molar-refractivity contribution >= 4 is 5.82 Å². The second-order valence-corrected chi connectivity index (χ2v) is 4.91. The first-order valence-electron chi connectivity index (χ1n) is 6.71. The largest absolute Gasteiger partial charge is 0.372 e. The standard InChI is InChI=1S/C13H22N4O/c1-2-10-4-3-5-12(6-10)18-9-11-7-16-13(17-14)8-15-11/h7-8,10,12H,2-6,9,14H2,1H3,(H,16,17). The van der Waals surface area contributed by atoms with Crippen LogP contribution in [0.5, 0.6) is 0 Å². The van der Waals surface area contributed by atoms with E-state index in [1.165, 1.54) is 32.1 Å². The van der Waals surface area contributed by atoms with Gasteiger partial charge in [-0.25, -0.2) is 10.8 Å². The van der Waals surface area contributed by atoms with Gasteiger partial charge in [-0.2, -0.15) is 0 Å². The molecule has 0 aromatic carbocycles. The highest BCUT2D eigenvalue weighted by molar-refractivity contribution is 5.28. The molecular weight excluding hydrogens is 228 g/mol. The Morgan fingerprint density at radius 2 is 2.28 bits per heavy atom. The monoisotopic (exact) mass is 250 g/mol. The lowest BCUT2D eigenvalue weighted by Gasteiger charge is -2.28. The molecule has 0 aliphatic heterocycles. The summed E-state index contributed by atoms with van der Waals surface area (Å²) >= 11 is 0. The molecule has 5 nitrogen and oxygen atoms in total. The molecule has 0 saturated heterocycles. The van der Waals surface area contributed by atoms with E-state index in [0.717, 1.165) is 11.6 Å². The predicted molar refractivity (Wildman–Crippen MR) is 70.7 cm³/mol. The van der Waals surface area contributed by atoms with E-state index in [0.29, 0.717) is 18.5 Å². The summed E-state index contributed by atoms with van der Waals surface area (Å²) in [5, 5.41) is 0. The van der Waals surface area contributed by atoms with Crippen molar-refractivity contribution in [2.75, 3.05) is 5.43 Å². The van der Waals surface area contributed by atoms with Gasteiger partial charge >= 0.3 is 0 Å². The summed E-state index contributed by atoms with van der Waals surface area (Å²) in [4.78, 5) is 8.36. The number of hydrazine groups is 1. The Morgan fingerprint density at radius 1 is 1.39 bits per heavy atom. The minimum Gasteiger partial charge on any atom is -0.372 e. The van der Waals surface area contributed by atoms with Gasteiger partial charge < -0.3 is 10.2 Å². The molecule has 1 heterocycles. The smallest absolute Gasteiger partial charge is 0.158 e. The van der Waals surface area contributed by atoms with Gasteiger partial charge in [-0.15, -0.1) is 0 Å². The minimum atomic E-state index is 0.387. The number of rotatable bonds is 5. The molecule has 1 aliphatic rings. The topological polar surface area (TPSA) is 73.1 Å². The third-order valence-electron chi connectivity index (χ3n) is 3.63. The van der Waals surface area contributed by atoms with E-state index >= 15 is 0 Å². The van der Waals surface area contributed by atoms with Crippen molar-refractivity contribution in [2.24, 2.45) is 11.8 Å². The van der Waals surface area contributed by atoms with Crippen molar-refractivity contribution in [3.8, 4) is 0 Å². The van der Waals surface area contributed by atoms with Gasteiger partial charge in [0.2, 0.25) is 0 Å². The molecular formula is C13H22N4O. The zero-order valence-electron chi connectivity index (χ0n) is 10.9. The van der Waals surface area contributed by atoms with Gasteiger partial charge in [0.25, 0.3) is 0 Å². The molecule has 0 bridgehead atoms. The summed E-state index contributed by atoms with van der Waals surface area (Å²) in [7, 11) is 0. The van der Waals surface area contributed by atoms with Gasteiger partial charge in [-0.1, -0.05) is 26.2 Å². The van der Waals surface area contributed by atoms with Crippen LogP contribution in [0, 0.1) is 5.92 Å². The number of ether oxygens (including phenoxy) is 1. The van der Waals surface area contributed by atoms with Crippen LogP contribution in [-0.2, 0) is 11.3 Å². The fourth-order valence-electron chi connectivity index (χ4n) is 2.47. The highest BCUT2D eigenvalue weighted by atomic mass is 16.5. The molecule has 0 spiro atoms. The normalized spacial score (nSPS) is 23.9. The van der Waals surface area contributed by atoms with Crippen LogP contribution in [0.4, 0.5) is 5.82 Å². The minimum absolute atomic E-state index is 0.387. The first-order chi connectivity index (χ1) is 8.81. The van der Waals surface area contributed by atoms with Crippen molar-refractivity contribution in [1.82, 2.24) is 9.97 Å². The third kappa shape index (κ3) is 3.65. The van der Waals surface area contributed by atoms with Crippen LogP contribution >= 0.6 is 0 Å². The molecule has 0 amide bonds. The van der Waals surface area contributed by atoms with Crippen molar-refractivity contribution in [2.45, 2.75) is 51.7 Å². The number of nitrogens with zero attached hydrogens (tertiary/aromatic N) is 2. The summed E-state index contributed by atoms with van der Waals surface area (Å²) in [6.45, 7) is 2.80. The summed E-state index contributed by atoms with van der Waals surface area (Å²) < 4.78 is 5.92. The van der Waals surface area contributed by atoms with Crippen LogP contribution in [-0.4, -0.2) is 16.1 Å². The molecule has 18 heavy (non-hydrogen) atoms. The molecule has 1 aromatic rings. The van der Waals surface area contributed by atoms with Crippen LogP contribution in [0.1, 0.15) is 44.7 Å². The maximum absolute atomic E-state index is 5.92. The number of nitrogen functional groups attached to an aromatic ring is 1. The Kier molecular flexibility index (Phi) is 4.90. The highest BCUT2D eigenvalue weighted by Gasteiger charge is 2.21. The molecule has 1 aromatic heterocycles. The second-order valence-electron chi connectivity index (χ2n) is 4.91. The Balaban J connectivity index is 1.79. The van der Waals surface area contributed by atoms with E-state index in [4.69, 9.17) is 10.6 Å². The first-order valence-corrected chi connectivity index (χ1v) is 6.71. The van der Waals surface area contributed by atoms with E-state index in [2.05, 4.69) is 22.3 Å². The lowest BCUT2D eigenvalue weighted by Crippen LogP contribution is -2.22. The van der Waals surface area contributed by atoms with Crippen LogP contribution < -0.4 is 11.3 Å². The van der Waals surface area contributed by atoms with Gasteiger partial charge in [-0.05, 0) is 18.8 Å². The van der Waals surface area contributed by atoms with Gasteiger partial charge in [0.15, 0.2) is 5.82 Å². The maximum atomic E-state index is 5.92. The highest BCUT2D eigenvalue weighted by Crippen LogP contribution is 2.28. The van der Waals surface area contributed by atoms with E-state index in [-0.39, 0.29) is 0 Å². The number of aromatic nitrogens is 2. The Bertz CT molecular complexity index is 355. The van der Waals surface area contributed by atoms with E-state index in [9.17, 15) is 0 Å². The van der Waals surface area contributed by atoms with Gasteiger partial charge in [0, 0.05) is 0 Å². The zero-order chi connectivity index (χ0) is 12.8. The SMILES string of the molecule is CCC1CCCC(OCc2cnc(NN)cn2)C1. The number of nitrogens with two attached hydrogens (primary N) is 1. The number of anilines is 1. The zero-order valence-corrected chi connectivity index (χ0v) is 10.9. The lowest BCUT2D eigenvalue weighted by atomic mass is 9.85. The molecule has 100 valence electrons. The molecule has 1 fully saturated rings. The van der Waals surface area contributed by atoms with Crippen molar-refractivity contribution in [3.63, 3.8) is 0 Å². The van der Waals surface area contributed by atoms with E-state index in [1.807, 2.05) is 0 Å². The molecule has 2 unspecified atom stereocenters. The van der Waals surface area contributed by atoms with Crippen LogP contribution in [0.15, 0.2) is 12.4 Å². The van der Waals surface area contributed by atoms with E-state index in [1.54, 1.807) is 12.4 Å². The maximum Gasteiger partial charge on any atom is 0.158 e. The first kappa shape index (κ1) is 13.2. The van der Waals surface area contributed by atoms with Gasteiger partial charge in [0.05, 0.1) is 30.8 Å². The summed E-state index contributed by atoms with van der Waals surface area (Å²) in [5.41, 5.74) is 3.31. The van der Waals surface area contributed by atoms with Crippen molar-refractivity contribution < 1.29 is 4.74 Å². The predicted octanol–water partition coefficient (Wildman–Crippen LogP) is 2.25. The van der Waals surface area contributed by atoms with Crippen molar-refractivity contribution in [1.29, 1.82) is 0 Å². The molecule has 2 atom stereocenters. The second kappa shape index (κ2) is 6.66.